The minimum Gasteiger partial charge on any atom is -0.465 e. The van der Waals surface area contributed by atoms with Gasteiger partial charge in [-0.1, -0.05) is 12.1 Å². The fourth-order valence-electron chi connectivity index (χ4n) is 2.03. The highest BCUT2D eigenvalue weighted by Gasteiger charge is 2.14. The molecule has 0 bridgehead atoms. The first-order chi connectivity index (χ1) is 9.61. The molecule has 0 saturated heterocycles. The number of carbonyl (C=O) groups excluding carboxylic acids is 1. The van der Waals surface area contributed by atoms with E-state index < -0.39 is 6.04 Å². The second-order valence-electron chi connectivity index (χ2n) is 4.57. The van der Waals surface area contributed by atoms with Gasteiger partial charge in [0.25, 0.3) is 0 Å². The van der Waals surface area contributed by atoms with Gasteiger partial charge in [-0.25, -0.2) is 4.98 Å². The number of hydrogen-bond donors (Lipinski definition) is 1. The summed E-state index contributed by atoms with van der Waals surface area (Å²) in [4.78, 5) is 15.7. The number of carbonyl (C=O) groups is 1. The van der Waals surface area contributed by atoms with Crippen LogP contribution in [0.4, 0.5) is 0 Å². The van der Waals surface area contributed by atoms with Crippen LogP contribution in [0.3, 0.4) is 0 Å². The molecule has 1 heterocycles. The van der Waals surface area contributed by atoms with Crippen LogP contribution >= 0.6 is 0 Å². The number of nitrogens with zero attached hydrogens (tertiary/aromatic N) is 2. The first-order valence-electron chi connectivity index (χ1n) is 6.63. The van der Waals surface area contributed by atoms with Crippen molar-refractivity contribution in [2.24, 2.45) is 5.73 Å². The standard InChI is InChI=1S/C15H19N3O2/c1-3-20-15(19)14(16)10-12-4-6-13(7-5-12)18-9-8-17-11(18)2/h4-9,14H,3,10,16H2,1-2H3. The van der Waals surface area contributed by atoms with Crippen molar-refractivity contribution < 1.29 is 9.53 Å². The van der Waals surface area contributed by atoms with Gasteiger partial charge in [-0.2, -0.15) is 0 Å². The molecule has 0 aliphatic heterocycles. The quantitative estimate of drug-likeness (QED) is 0.840. The van der Waals surface area contributed by atoms with Crippen LogP contribution in [0.1, 0.15) is 18.3 Å². The molecule has 0 fully saturated rings. The first kappa shape index (κ1) is 14.3. The van der Waals surface area contributed by atoms with Crippen LogP contribution in [-0.4, -0.2) is 28.2 Å². The summed E-state index contributed by atoms with van der Waals surface area (Å²) in [5, 5.41) is 0. The van der Waals surface area contributed by atoms with Crippen molar-refractivity contribution >= 4 is 5.97 Å². The second-order valence-corrected chi connectivity index (χ2v) is 4.57. The molecule has 1 aromatic carbocycles. The number of benzene rings is 1. The van der Waals surface area contributed by atoms with E-state index in [1.54, 1.807) is 13.1 Å². The van der Waals surface area contributed by atoms with Crippen molar-refractivity contribution in [2.75, 3.05) is 6.61 Å². The van der Waals surface area contributed by atoms with Gasteiger partial charge < -0.3 is 15.0 Å². The van der Waals surface area contributed by atoms with E-state index in [1.807, 2.05) is 42.0 Å². The first-order valence-corrected chi connectivity index (χ1v) is 6.63. The average molecular weight is 273 g/mol. The number of aromatic nitrogens is 2. The van der Waals surface area contributed by atoms with E-state index in [2.05, 4.69) is 4.98 Å². The summed E-state index contributed by atoms with van der Waals surface area (Å²) in [6, 6.07) is 7.29. The molecule has 5 nitrogen and oxygen atoms in total. The largest absolute Gasteiger partial charge is 0.465 e. The molecule has 106 valence electrons. The molecule has 0 amide bonds. The predicted molar refractivity (Wildman–Crippen MR) is 76.6 cm³/mol. The molecule has 2 rings (SSSR count). The molecule has 0 saturated carbocycles. The van der Waals surface area contributed by atoms with E-state index in [0.717, 1.165) is 17.1 Å². The van der Waals surface area contributed by atoms with Crippen molar-refractivity contribution in [3.63, 3.8) is 0 Å². The van der Waals surface area contributed by atoms with Crippen LogP contribution in [-0.2, 0) is 16.0 Å². The lowest BCUT2D eigenvalue weighted by Gasteiger charge is -2.11. The van der Waals surface area contributed by atoms with E-state index in [0.29, 0.717) is 13.0 Å². The fraction of sp³-hybridized carbons (Fsp3) is 0.333. The Hall–Kier alpha value is -2.14. The second kappa shape index (κ2) is 6.34. The lowest BCUT2D eigenvalue weighted by Crippen LogP contribution is -2.34. The number of esters is 1. The highest BCUT2D eigenvalue weighted by molar-refractivity contribution is 5.75. The van der Waals surface area contributed by atoms with Crippen LogP contribution in [0.5, 0.6) is 0 Å². The summed E-state index contributed by atoms with van der Waals surface area (Å²) in [7, 11) is 0. The number of nitrogens with two attached hydrogens (primary N) is 1. The minimum atomic E-state index is -0.615. The Morgan fingerprint density at radius 1 is 1.40 bits per heavy atom. The number of aryl methyl sites for hydroxylation is 1. The van der Waals surface area contributed by atoms with Gasteiger partial charge in [0.15, 0.2) is 0 Å². The van der Waals surface area contributed by atoms with E-state index in [1.165, 1.54) is 0 Å². The van der Waals surface area contributed by atoms with Crippen molar-refractivity contribution in [1.82, 2.24) is 9.55 Å². The van der Waals surface area contributed by atoms with Gasteiger partial charge in [0, 0.05) is 18.1 Å². The van der Waals surface area contributed by atoms with Crippen LogP contribution in [0.15, 0.2) is 36.7 Å². The zero-order chi connectivity index (χ0) is 14.5. The smallest absolute Gasteiger partial charge is 0.323 e. The van der Waals surface area contributed by atoms with E-state index in [4.69, 9.17) is 10.5 Å². The Kier molecular flexibility index (Phi) is 4.53. The van der Waals surface area contributed by atoms with Gasteiger partial charge >= 0.3 is 5.97 Å². The number of hydrogen-bond acceptors (Lipinski definition) is 4. The third-order valence-electron chi connectivity index (χ3n) is 3.09. The lowest BCUT2D eigenvalue weighted by atomic mass is 10.1. The Bertz CT molecular complexity index is 575. The average Bonchev–Trinajstić information content (AvgIpc) is 2.86. The van der Waals surface area contributed by atoms with Crippen molar-refractivity contribution in [3.8, 4) is 5.69 Å². The van der Waals surface area contributed by atoms with Crippen molar-refractivity contribution in [2.45, 2.75) is 26.3 Å². The van der Waals surface area contributed by atoms with Gasteiger partial charge in [0.1, 0.15) is 11.9 Å². The predicted octanol–water partition coefficient (Wildman–Crippen LogP) is 1.61. The topological polar surface area (TPSA) is 70.1 Å². The number of ether oxygens (including phenoxy) is 1. The summed E-state index contributed by atoms with van der Waals surface area (Å²) in [5.74, 6) is 0.572. The summed E-state index contributed by atoms with van der Waals surface area (Å²) >= 11 is 0. The Morgan fingerprint density at radius 2 is 2.10 bits per heavy atom. The van der Waals surface area contributed by atoms with Crippen molar-refractivity contribution in [3.05, 3.63) is 48.0 Å². The van der Waals surface area contributed by atoms with Gasteiger partial charge in [0.2, 0.25) is 0 Å². The van der Waals surface area contributed by atoms with E-state index >= 15 is 0 Å². The normalized spacial score (nSPS) is 12.2. The monoisotopic (exact) mass is 273 g/mol. The van der Waals surface area contributed by atoms with Gasteiger partial charge in [-0.05, 0) is 38.0 Å². The Balaban J connectivity index is 2.05. The molecule has 0 aliphatic rings. The molecule has 2 N–H and O–H groups in total. The van der Waals surface area contributed by atoms with Gasteiger partial charge in [-0.3, -0.25) is 4.79 Å². The van der Waals surface area contributed by atoms with Crippen LogP contribution in [0, 0.1) is 6.92 Å². The van der Waals surface area contributed by atoms with Crippen LogP contribution in [0.2, 0.25) is 0 Å². The van der Waals surface area contributed by atoms with Gasteiger partial charge in [-0.15, -0.1) is 0 Å². The molecule has 1 aromatic heterocycles. The summed E-state index contributed by atoms with van der Waals surface area (Å²) in [6.07, 6.45) is 4.15. The minimum absolute atomic E-state index is 0.353. The molecule has 5 heteroatoms. The molecule has 20 heavy (non-hydrogen) atoms. The van der Waals surface area contributed by atoms with Crippen LogP contribution < -0.4 is 5.73 Å². The summed E-state index contributed by atoms with van der Waals surface area (Å²) < 4.78 is 6.89. The SMILES string of the molecule is CCOC(=O)C(N)Cc1ccc(-n2ccnc2C)cc1. The van der Waals surface area contributed by atoms with Crippen LogP contribution in [0.25, 0.3) is 5.69 Å². The highest BCUT2D eigenvalue weighted by atomic mass is 16.5. The Labute approximate surface area is 118 Å². The molecule has 1 unspecified atom stereocenters. The van der Waals surface area contributed by atoms with Gasteiger partial charge in [0.05, 0.1) is 6.61 Å². The Morgan fingerprint density at radius 3 is 2.65 bits per heavy atom. The highest BCUT2D eigenvalue weighted by Crippen LogP contribution is 2.12. The molecule has 0 spiro atoms. The molecule has 0 aliphatic carbocycles. The molecular weight excluding hydrogens is 254 g/mol. The van der Waals surface area contributed by atoms with Crippen molar-refractivity contribution in [1.29, 1.82) is 0 Å². The van der Waals surface area contributed by atoms with E-state index in [9.17, 15) is 4.79 Å². The maximum absolute atomic E-state index is 11.5. The molecule has 0 radical (unpaired) electrons. The summed E-state index contributed by atoms with van der Waals surface area (Å²) in [6.45, 7) is 4.07. The third kappa shape index (κ3) is 3.24. The maximum atomic E-state index is 11.5. The van der Waals surface area contributed by atoms with E-state index in [-0.39, 0.29) is 5.97 Å². The zero-order valence-corrected chi connectivity index (χ0v) is 11.7. The fourth-order valence-corrected chi connectivity index (χ4v) is 2.03. The molecule has 2 aromatic rings. The zero-order valence-electron chi connectivity index (χ0n) is 11.7. The third-order valence-corrected chi connectivity index (χ3v) is 3.09. The lowest BCUT2D eigenvalue weighted by molar-refractivity contribution is -0.144. The maximum Gasteiger partial charge on any atom is 0.323 e. The molecule has 1 atom stereocenters. The number of rotatable bonds is 5. The molecular formula is C15H19N3O2. The number of imidazole rings is 1. The summed E-state index contributed by atoms with van der Waals surface area (Å²) in [5.41, 5.74) is 7.84.